The normalized spacial score (nSPS) is 22.7. The number of benzene rings is 2. The Morgan fingerprint density at radius 3 is 2.65 bits per heavy atom. The number of carbonyl (C=O) groups is 3. The van der Waals surface area contributed by atoms with Crippen LogP contribution in [0.1, 0.15) is 36.2 Å². The van der Waals surface area contributed by atoms with E-state index in [-0.39, 0.29) is 79.9 Å². The van der Waals surface area contributed by atoms with Crippen molar-refractivity contribution in [2.45, 2.75) is 47.9 Å². The van der Waals surface area contributed by atoms with E-state index in [1.807, 2.05) is 11.8 Å². The van der Waals surface area contributed by atoms with E-state index in [4.69, 9.17) is 15.2 Å². The standard InChI is InChI=1S/C34H42N8O7S2/c1-41-14-15-42(29(43)9-5-4-8-28-30-26(21-50-28)39-34(45)40-30)16-17-48-18-19-49-27-7-3-2-6-24(27)38-33(44)31-32(35)36-20-25(37-31)22-10-12-23(13-11-22)51(41,46)47/h2-3,6-7,10-13,20,26,28,30H,4-5,8-9,14-19,21H2,1H3,(H2,35,36)(H,38,44)(H2,39,40,45)/t26-,28-,30-/m0/s1. The molecule has 2 fully saturated rings. The van der Waals surface area contributed by atoms with Crippen LogP contribution in [-0.2, 0) is 19.6 Å². The molecule has 0 radical (unpaired) electrons. The fourth-order valence-corrected chi connectivity index (χ4v) is 8.92. The van der Waals surface area contributed by atoms with Crippen LogP contribution in [0.15, 0.2) is 59.6 Å². The van der Waals surface area contributed by atoms with Crippen molar-refractivity contribution in [1.82, 2.24) is 29.8 Å². The van der Waals surface area contributed by atoms with Gasteiger partial charge in [-0.15, -0.1) is 0 Å². The minimum Gasteiger partial charge on any atom is -0.489 e. The fourth-order valence-electron chi connectivity index (χ4n) is 6.21. The number of amides is 4. The molecule has 2 saturated heterocycles. The molecule has 17 heteroatoms. The van der Waals surface area contributed by atoms with Gasteiger partial charge in [-0.3, -0.25) is 9.59 Å². The molecule has 2 aromatic carbocycles. The highest BCUT2D eigenvalue weighted by molar-refractivity contribution is 8.00. The number of fused-ring (bicyclic) bond motifs is 14. The van der Waals surface area contributed by atoms with Crippen LogP contribution in [0, 0.1) is 0 Å². The topological polar surface area (TPSA) is 198 Å². The Balaban J connectivity index is 1.15. The van der Waals surface area contributed by atoms with E-state index in [1.165, 1.54) is 29.7 Å². The van der Waals surface area contributed by atoms with Gasteiger partial charge in [0.2, 0.25) is 15.9 Å². The molecular formula is C34H42N8O7S2. The van der Waals surface area contributed by atoms with Crippen molar-refractivity contribution in [3.63, 3.8) is 0 Å². The third-order valence-electron chi connectivity index (χ3n) is 9.11. The maximum absolute atomic E-state index is 13.5. The van der Waals surface area contributed by atoms with Crippen molar-refractivity contribution in [2.24, 2.45) is 0 Å². The molecule has 0 saturated carbocycles. The first-order valence-electron chi connectivity index (χ1n) is 16.9. The van der Waals surface area contributed by atoms with Gasteiger partial charge in [-0.2, -0.15) is 16.1 Å². The van der Waals surface area contributed by atoms with E-state index >= 15 is 0 Å². The van der Waals surface area contributed by atoms with Crippen LogP contribution < -0.4 is 26.4 Å². The van der Waals surface area contributed by atoms with Gasteiger partial charge < -0.3 is 36.1 Å². The summed E-state index contributed by atoms with van der Waals surface area (Å²) in [5, 5.41) is 9.05. The molecule has 272 valence electrons. The van der Waals surface area contributed by atoms with Gasteiger partial charge in [-0.05, 0) is 37.1 Å². The average Bonchev–Trinajstić information content (AvgIpc) is 3.68. The van der Waals surface area contributed by atoms with Gasteiger partial charge in [0, 0.05) is 49.7 Å². The van der Waals surface area contributed by atoms with Gasteiger partial charge in [0.05, 0.1) is 47.8 Å². The monoisotopic (exact) mass is 738 g/mol. The number of nitrogens with zero attached hydrogens (tertiary/aromatic N) is 4. The fraction of sp³-hybridized carbons (Fsp3) is 0.441. The van der Waals surface area contributed by atoms with E-state index in [0.29, 0.717) is 40.8 Å². The maximum Gasteiger partial charge on any atom is 0.315 e. The molecule has 7 rings (SSSR count). The van der Waals surface area contributed by atoms with E-state index in [0.717, 1.165) is 18.6 Å². The third kappa shape index (κ3) is 8.72. The third-order valence-corrected chi connectivity index (χ3v) is 12.5. The van der Waals surface area contributed by atoms with Gasteiger partial charge in [0.25, 0.3) is 5.91 Å². The van der Waals surface area contributed by atoms with Crippen molar-refractivity contribution in [2.75, 3.05) is 63.3 Å². The van der Waals surface area contributed by atoms with Gasteiger partial charge >= 0.3 is 6.03 Å². The highest BCUT2D eigenvalue weighted by Gasteiger charge is 2.42. The van der Waals surface area contributed by atoms with Crippen LogP contribution in [0.5, 0.6) is 5.75 Å². The van der Waals surface area contributed by atoms with E-state index < -0.39 is 15.9 Å². The Kier molecular flexibility index (Phi) is 11.6. The van der Waals surface area contributed by atoms with E-state index in [1.54, 1.807) is 41.3 Å². The summed E-state index contributed by atoms with van der Waals surface area (Å²) < 4.78 is 40.0. The van der Waals surface area contributed by atoms with Gasteiger partial charge in [0.1, 0.15) is 12.4 Å². The summed E-state index contributed by atoms with van der Waals surface area (Å²) in [5.41, 5.74) is 7.20. The summed E-state index contributed by atoms with van der Waals surface area (Å²) in [6.45, 7) is 1.13. The predicted molar refractivity (Wildman–Crippen MR) is 193 cm³/mol. The second-order valence-corrected chi connectivity index (χ2v) is 15.8. The lowest BCUT2D eigenvalue weighted by Crippen LogP contribution is -2.41. The number of hydrogen-bond donors (Lipinski definition) is 4. The Labute approximate surface area is 301 Å². The number of urea groups is 1. The maximum atomic E-state index is 13.5. The SMILES string of the molecule is CN1CCN(C(=O)CCCC[C@@H]2SC[C@@H]3NC(=O)N[C@@H]32)CCOCCOc2ccccc2NC(=O)c2nc(cnc2N)-c2ccc(cc2)S1(=O)=O. The van der Waals surface area contributed by atoms with Gasteiger partial charge in [-0.1, -0.05) is 30.7 Å². The molecule has 0 unspecified atom stereocenters. The van der Waals surface area contributed by atoms with E-state index in [2.05, 4.69) is 25.9 Å². The molecule has 0 aliphatic carbocycles. The quantitative estimate of drug-likeness (QED) is 0.171. The molecule has 5 N–H and O–H groups in total. The lowest BCUT2D eigenvalue weighted by atomic mass is 10.0. The summed E-state index contributed by atoms with van der Waals surface area (Å²) in [7, 11) is -2.41. The minimum absolute atomic E-state index is 0.0647. The number of thioether (sulfide) groups is 1. The number of hydrogen-bond acceptors (Lipinski definition) is 11. The van der Waals surface area contributed by atoms with Crippen molar-refractivity contribution >= 4 is 51.1 Å². The second-order valence-electron chi connectivity index (χ2n) is 12.5. The molecule has 4 bridgehead atoms. The minimum atomic E-state index is -3.90. The highest BCUT2D eigenvalue weighted by Crippen LogP contribution is 2.33. The number of nitrogens with one attached hydrogen (secondary N) is 3. The van der Waals surface area contributed by atoms with Crippen molar-refractivity contribution in [3.8, 4) is 17.0 Å². The Morgan fingerprint density at radius 2 is 1.82 bits per heavy atom. The molecule has 3 aromatic rings. The summed E-state index contributed by atoms with van der Waals surface area (Å²) in [4.78, 5) is 48.7. The van der Waals surface area contributed by atoms with Crippen LogP contribution in [0.2, 0.25) is 0 Å². The number of likely N-dealkylation sites (N-methyl/N-ethyl adjacent to an activating group) is 1. The van der Waals surface area contributed by atoms with Gasteiger partial charge in [0.15, 0.2) is 11.5 Å². The smallest absolute Gasteiger partial charge is 0.315 e. The molecular weight excluding hydrogens is 697 g/mol. The molecule has 4 aliphatic rings. The van der Waals surface area contributed by atoms with Gasteiger partial charge in [-0.25, -0.2) is 23.2 Å². The van der Waals surface area contributed by atoms with Crippen molar-refractivity contribution in [1.29, 1.82) is 0 Å². The average molecular weight is 739 g/mol. The first-order chi connectivity index (χ1) is 24.6. The summed E-state index contributed by atoms with van der Waals surface area (Å²) >= 11 is 1.84. The zero-order chi connectivity index (χ0) is 36.0. The molecule has 51 heavy (non-hydrogen) atoms. The van der Waals surface area contributed by atoms with Crippen LogP contribution >= 0.6 is 11.8 Å². The molecule has 4 amide bonds. The van der Waals surface area contributed by atoms with E-state index in [9.17, 15) is 22.8 Å². The molecule has 15 nitrogen and oxygen atoms in total. The number of aromatic nitrogens is 2. The summed E-state index contributed by atoms with van der Waals surface area (Å²) in [6.07, 6.45) is 4.13. The van der Waals surface area contributed by atoms with Crippen LogP contribution in [0.3, 0.4) is 0 Å². The van der Waals surface area contributed by atoms with Crippen LogP contribution in [0.4, 0.5) is 16.3 Å². The molecule has 0 spiro atoms. The number of nitrogens with two attached hydrogens (primary N) is 1. The zero-order valence-electron chi connectivity index (χ0n) is 28.2. The highest BCUT2D eigenvalue weighted by atomic mass is 32.2. The lowest BCUT2D eigenvalue weighted by Gasteiger charge is -2.26. The number of ether oxygens (including phenoxy) is 2. The first kappa shape index (κ1) is 36.3. The number of anilines is 2. The molecule has 4 aliphatic heterocycles. The van der Waals surface area contributed by atoms with Crippen molar-refractivity contribution in [3.05, 3.63) is 60.4 Å². The first-order valence-corrected chi connectivity index (χ1v) is 19.4. The predicted octanol–water partition coefficient (Wildman–Crippen LogP) is 2.56. The van der Waals surface area contributed by atoms with Crippen molar-refractivity contribution < 1.29 is 32.3 Å². The lowest BCUT2D eigenvalue weighted by molar-refractivity contribution is -0.132. The number of sulfonamides is 1. The number of rotatable bonds is 5. The number of unbranched alkanes of at least 4 members (excludes halogenated alkanes) is 1. The Morgan fingerprint density at radius 1 is 1.02 bits per heavy atom. The molecule has 3 atom stereocenters. The molecule has 5 heterocycles. The summed E-state index contributed by atoms with van der Waals surface area (Å²) in [5.74, 6) is 0.570. The number of carbonyl (C=O) groups excluding carboxylic acids is 3. The second kappa shape index (κ2) is 16.3. The number of nitrogen functional groups attached to an aromatic ring is 1. The Bertz CT molecular complexity index is 1850. The summed E-state index contributed by atoms with van der Waals surface area (Å²) in [6, 6.07) is 13.2. The van der Waals surface area contributed by atoms with Crippen LogP contribution in [0.25, 0.3) is 11.3 Å². The Hall–Kier alpha value is -4.45. The molecule has 1 aromatic heterocycles. The zero-order valence-corrected chi connectivity index (χ0v) is 29.9. The van der Waals surface area contributed by atoms with Crippen LogP contribution in [-0.4, -0.2) is 115 Å². The number of para-hydroxylation sites is 2. The largest absolute Gasteiger partial charge is 0.489 e.